The van der Waals surface area contributed by atoms with Crippen molar-refractivity contribution >= 4 is 16.8 Å². The Morgan fingerprint density at radius 3 is 2.92 bits per heavy atom. The molecule has 0 unspecified atom stereocenters. The number of hydrogen-bond acceptors (Lipinski definition) is 4. The number of aryl methyl sites for hydroxylation is 1. The van der Waals surface area contributed by atoms with Crippen LogP contribution in [0.4, 0.5) is 0 Å². The van der Waals surface area contributed by atoms with Crippen LogP contribution in [0, 0.1) is 0 Å². The lowest BCUT2D eigenvalue weighted by Crippen LogP contribution is -2.47. The molecular formula is C17H22N4O3. The second-order valence-corrected chi connectivity index (χ2v) is 6.15. The summed E-state index contributed by atoms with van der Waals surface area (Å²) >= 11 is 0. The Balaban J connectivity index is 1.77. The van der Waals surface area contributed by atoms with E-state index in [4.69, 9.17) is 0 Å². The van der Waals surface area contributed by atoms with Crippen LogP contribution >= 0.6 is 0 Å². The van der Waals surface area contributed by atoms with Gasteiger partial charge in [-0.3, -0.25) is 19.1 Å². The van der Waals surface area contributed by atoms with Crippen LogP contribution in [0.15, 0.2) is 33.9 Å². The molecule has 2 heterocycles. The number of para-hydroxylation sites is 1. The molecule has 0 bridgehead atoms. The van der Waals surface area contributed by atoms with Gasteiger partial charge >= 0.3 is 5.69 Å². The Morgan fingerprint density at radius 1 is 1.33 bits per heavy atom. The fourth-order valence-corrected chi connectivity index (χ4v) is 3.27. The third kappa shape index (κ3) is 3.26. The zero-order valence-electron chi connectivity index (χ0n) is 13.7. The van der Waals surface area contributed by atoms with Crippen LogP contribution in [0.2, 0.25) is 0 Å². The highest BCUT2D eigenvalue weighted by molar-refractivity contribution is 5.79. The molecule has 1 amide bonds. The van der Waals surface area contributed by atoms with Crippen LogP contribution in [0.5, 0.6) is 0 Å². The molecule has 2 aromatic rings. The summed E-state index contributed by atoms with van der Waals surface area (Å²) in [6.07, 6.45) is 2.30. The molecule has 128 valence electrons. The summed E-state index contributed by atoms with van der Waals surface area (Å²) < 4.78 is 1.47. The summed E-state index contributed by atoms with van der Waals surface area (Å²) in [6.45, 7) is 1.73. The van der Waals surface area contributed by atoms with Gasteiger partial charge in [0.2, 0.25) is 5.91 Å². The number of carbonyl (C=O) groups excluding carboxylic acids is 1. The van der Waals surface area contributed by atoms with E-state index in [-0.39, 0.29) is 18.9 Å². The normalized spacial score (nSPS) is 18.0. The standard InChI is InChI=1S/C17H22N4O3/c1-18-12-5-4-9-20(11-12)15(22)8-10-21-14-7-3-2-6-13(14)16(23)19-17(21)24/h2-3,6-7,12,18H,4-5,8-11H2,1H3,(H,19,23,24)/t12-/m0/s1. The number of hydrogen-bond donors (Lipinski definition) is 2. The lowest BCUT2D eigenvalue weighted by atomic mass is 10.1. The smallest absolute Gasteiger partial charge is 0.328 e. The second-order valence-electron chi connectivity index (χ2n) is 6.15. The molecule has 0 saturated carbocycles. The van der Waals surface area contributed by atoms with Gasteiger partial charge in [-0.2, -0.15) is 0 Å². The molecule has 1 fully saturated rings. The van der Waals surface area contributed by atoms with Gasteiger partial charge in [0, 0.05) is 32.1 Å². The zero-order valence-corrected chi connectivity index (χ0v) is 13.7. The summed E-state index contributed by atoms with van der Waals surface area (Å²) in [7, 11) is 1.91. The first-order valence-electron chi connectivity index (χ1n) is 8.27. The number of likely N-dealkylation sites (tertiary alicyclic amines) is 1. The predicted octanol–water partition coefficient (Wildman–Crippen LogP) is 0.290. The Bertz CT molecular complexity index is 855. The highest BCUT2D eigenvalue weighted by Crippen LogP contribution is 2.12. The quantitative estimate of drug-likeness (QED) is 0.843. The first-order valence-corrected chi connectivity index (χ1v) is 8.27. The van der Waals surface area contributed by atoms with Crippen LogP contribution in [0.25, 0.3) is 10.9 Å². The highest BCUT2D eigenvalue weighted by atomic mass is 16.2. The summed E-state index contributed by atoms with van der Waals surface area (Å²) in [6, 6.07) is 7.27. The number of fused-ring (bicyclic) bond motifs is 1. The minimum absolute atomic E-state index is 0.0390. The maximum atomic E-state index is 12.5. The van der Waals surface area contributed by atoms with Crippen molar-refractivity contribution in [2.45, 2.75) is 31.8 Å². The number of nitrogens with zero attached hydrogens (tertiary/aromatic N) is 2. The summed E-state index contributed by atoms with van der Waals surface area (Å²) in [5, 5.41) is 3.67. The number of likely N-dealkylation sites (N-methyl/N-ethyl adjacent to an activating group) is 1. The van der Waals surface area contributed by atoms with Gasteiger partial charge in [0.05, 0.1) is 10.9 Å². The Hall–Kier alpha value is -2.41. The van der Waals surface area contributed by atoms with Crippen molar-refractivity contribution in [2.24, 2.45) is 0 Å². The molecule has 7 nitrogen and oxygen atoms in total. The van der Waals surface area contributed by atoms with E-state index in [1.807, 2.05) is 11.9 Å². The molecule has 1 aromatic carbocycles. The maximum Gasteiger partial charge on any atom is 0.328 e. The van der Waals surface area contributed by atoms with Crippen molar-refractivity contribution < 1.29 is 4.79 Å². The van der Waals surface area contributed by atoms with Crippen molar-refractivity contribution in [3.05, 3.63) is 45.1 Å². The number of aromatic amines is 1. The lowest BCUT2D eigenvalue weighted by molar-refractivity contribution is -0.132. The van der Waals surface area contributed by atoms with Crippen molar-refractivity contribution in [1.82, 2.24) is 19.8 Å². The van der Waals surface area contributed by atoms with E-state index in [0.717, 1.165) is 19.4 Å². The van der Waals surface area contributed by atoms with E-state index in [1.165, 1.54) is 4.57 Å². The Kier molecular flexibility index (Phi) is 4.80. The average Bonchev–Trinajstić information content (AvgIpc) is 2.61. The molecular weight excluding hydrogens is 308 g/mol. The van der Waals surface area contributed by atoms with Gasteiger partial charge in [-0.15, -0.1) is 0 Å². The van der Waals surface area contributed by atoms with Crippen LogP contribution in [-0.4, -0.2) is 46.5 Å². The molecule has 1 saturated heterocycles. The molecule has 24 heavy (non-hydrogen) atoms. The largest absolute Gasteiger partial charge is 0.341 e. The molecule has 1 aliphatic rings. The van der Waals surface area contributed by atoms with Crippen LogP contribution in [0.3, 0.4) is 0 Å². The Labute approximate surface area is 139 Å². The molecule has 1 aromatic heterocycles. The van der Waals surface area contributed by atoms with Gasteiger partial charge in [-0.05, 0) is 32.0 Å². The monoisotopic (exact) mass is 330 g/mol. The minimum Gasteiger partial charge on any atom is -0.341 e. The van der Waals surface area contributed by atoms with Crippen molar-refractivity contribution in [3.63, 3.8) is 0 Å². The third-order valence-corrected chi connectivity index (χ3v) is 4.64. The number of aromatic nitrogens is 2. The van der Waals surface area contributed by atoms with Gasteiger partial charge < -0.3 is 10.2 Å². The van der Waals surface area contributed by atoms with Crippen molar-refractivity contribution in [1.29, 1.82) is 0 Å². The SMILES string of the molecule is CN[C@H]1CCCN(C(=O)CCn2c(=O)[nH]c(=O)c3ccccc32)C1. The van der Waals surface area contributed by atoms with E-state index in [2.05, 4.69) is 10.3 Å². The first kappa shape index (κ1) is 16.4. The molecule has 0 radical (unpaired) electrons. The first-order chi connectivity index (χ1) is 11.6. The van der Waals surface area contributed by atoms with E-state index in [9.17, 15) is 14.4 Å². The van der Waals surface area contributed by atoms with Crippen LogP contribution in [-0.2, 0) is 11.3 Å². The van der Waals surface area contributed by atoms with Gasteiger partial charge in [-0.1, -0.05) is 12.1 Å². The van der Waals surface area contributed by atoms with E-state index in [1.54, 1.807) is 24.3 Å². The zero-order chi connectivity index (χ0) is 17.1. The average molecular weight is 330 g/mol. The number of amides is 1. The Morgan fingerprint density at radius 2 is 2.12 bits per heavy atom. The van der Waals surface area contributed by atoms with E-state index >= 15 is 0 Å². The lowest BCUT2D eigenvalue weighted by Gasteiger charge is -2.32. The van der Waals surface area contributed by atoms with Crippen LogP contribution in [0.1, 0.15) is 19.3 Å². The topological polar surface area (TPSA) is 87.2 Å². The van der Waals surface area contributed by atoms with E-state index < -0.39 is 11.2 Å². The van der Waals surface area contributed by atoms with Gasteiger partial charge in [-0.25, -0.2) is 4.79 Å². The summed E-state index contributed by atoms with van der Waals surface area (Å²) in [5.41, 5.74) is -0.310. The fourth-order valence-electron chi connectivity index (χ4n) is 3.27. The molecule has 2 N–H and O–H groups in total. The number of H-pyrrole nitrogens is 1. The number of nitrogens with one attached hydrogen (secondary N) is 2. The predicted molar refractivity (Wildman–Crippen MR) is 92.1 cm³/mol. The van der Waals surface area contributed by atoms with Crippen LogP contribution < -0.4 is 16.6 Å². The number of rotatable bonds is 4. The maximum absolute atomic E-state index is 12.5. The number of piperidine rings is 1. The molecule has 1 aliphatic heterocycles. The molecule has 7 heteroatoms. The summed E-state index contributed by atoms with van der Waals surface area (Å²) in [4.78, 5) is 40.6. The summed E-state index contributed by atoms with van der Waals surface area (Å²) in [5.74, 6) is 0.0390. The van der Waals surface area contributed by atoms with Gasteiger partial charge in [0.1, 0.15) is 0 Å². The molecule has 1 atom stereocenters. The minimum atomic E-state index is -0.474. The second kappa shape index (κ2) is 7.00. The molecule has 0 aliphatic carbocycles. The third-order valence-electron chi connectivity index (χ3n) is 4.64. The van der Waals surface area contributed by atoms with Gasteiger partial charge in [0.25, 0.3) is 5.56 Å². The fraction of sp³-hybridized carbons (Fsp3) is 0.471. The molecule has 0 spiro atoms. The van der Waals surface area contributed by atoms with E-state index in [0.29, 0.717) is 23.5 Å². The van der Waals surface area contributed by atoms with Gasteiger partial charge in [0.15, 0.2) is 0 Å². The number of benzene rings is 1. The number of carbonyl (C=O) groups is 1. The molecule has 3 rings (SSSR count). The van der Waals surface area contributed by atoms with Crippen molar-refractivity contribution in [3.8, 4) is 0 Å². The highest BCUT2D eigenvalue weighted by Gasteiger charge is 2.22. The van der Waals surface area contributed by atoms with Crippen molar-refractivity contribution in [2.75, 3.05) is 20.1 Å².